The molecule has 1 aliphatic heterocycles. The van der Waals surface area contributed by atoms with Gasteiger partial charge in [-0.3, -0.25) is 9.69 Å². The van der Waals surface area contributed by atoms with Crippen LogP contribution in [0, 0.1) is 0 Å². The van der Waals surface area contributed by atoms with Gasteiger partial charge in [0.25, 0.3) is 5.91 Å². The van der Waals surface area contributed by atoms with Crippen molar-refractivity contribution in [2.45, 2.75) is 13.5 Å². The summed E-state index contributed by atoms with van der Waals surface area (Å²) in [6.07, 6.45) is 1.84. The van der Waals surface area contributed by atoms with Crippen molar-refractivity contribution in [2.75, 3.05) is 26.9 Å². The lowest BCUT2D eigenvalue weighted by Gasteiger charge is -2.14. The molecule has 0 atom stereocenters. The van der Waals surface area contributed by atoms with E-state index in [4.69, 9.17) is 31.2 Å². The van der Waals surface area contributed by atoms with Crippen LogP contribution >= 0.6 is 24.0 Å². The fraction of sp³-hybridized carbons (Fsp3) is 0.214. The number of hydrogen-bond donors (Lipinski definition) is 0. The van der Waals surface area contributed by atoms with Crippen LogP contribution in [0.3, 0.4) is 0 Å². The molecule has 36 heavy (non-hydrogen) atoms. The maximum atomic E-state index is 13.0. The smallest absolute Gasteiger partial charge is 0.266 e. The highest BCUT2D eigenvalue weighted by molar-refractivity contribution is 8.26. The fourth-order valence-corrected chi connectivity index (χ4v) is 4.79. The van der Waals surface area contributed by atoms with E-state index in [-0.39, 0.29) is 5.91 Å². The summed E-state index contributed by atoms with van der Waals surface area (Å²) in [5, 5.41) is 0. The number of hydrogen-bond acceptors (Lipinski definition) is 7. The van der Waals surface area contributed by atoms with E-state index in [9.17, 15) is 4.79 Å². The van der Waals surface area contributed by atoms with Crippen molar-refractivity contribution < 1.29 is 23.7 Å². The first-order valence-corrected chi connectivity index (χ1v) is 12.8. The Morgan fingerprint density at radius 3 is 2.33 bits per heavy atom. The molecule has 0 bridgehead atoms. The van der Waals surface area contributed by atoms with Crippen molar-refractivity contribution >= 4 is 40.3 Å². The van der Waals surface area contributed by atoms with E-state index >= 15 is 0 Å². The Labute approximate surface area is 220 Å². The Hall–Kier alpha value is -3.49. The van der Waals surface area contributed by atoms with E-state index in [1.54, 1.807) is 12.0 Å². The predicted molar refractivity (Wildman–Crippen MR) is 147 cm³/mol. The van der Waals surface area contributed by atoms with Crippen LogP contribution < -0.4 is 18.9 Å². The molecule has 1 saturated heterocycles. The Balaban J connectivity index is 1.39. The Bertz CT molecular complexity index is 1230. The zero-order chi connectivity index (χ0) is 25.3. The quantitative estimate of drug-likeness (QED) is 0.175. The van der Waals surface area contributed by atoms with Crippen LogP contribution in [0.15, 0.2) is 77.7 Å². The van der Waals surface area contributed by atoms with Gasteiger partial charge in [-0.1, -0.05) is 60.4 Å². The molecule has 1 amide bonds. The third kappa shape index (κ3) is 6.59. The Kier molecular flexibility index (Phi) is 8.86. The molecule has 8 heteroatoms. The van der Waals surface area contributed by atoms with Crippen LogP contribution in [0.4, 0.5) is 0 Å². The summed E-state index contributed by atoms with van der Waals surface area (Å²) in [7, 11) is 1.63. The molecule has 1 aliphatic rings. The molecule has 0 unspecified atom stereocenters. The van der Waals surface area contributed by atoms with E-state index < -0.39 is 0 Å². The number of nitrogens with zero attached hydrogens (tertiary/aromatic N) is 1. The van der Waals surface area contributed by atoms with Gasteiger partial charge in [-0.15, -0.1) is 0 Å². The summed E-state index contributed by atoms with van der Waals surface area (Å²) in [4.78, 5) is 15.2. The van der Waals surface area contributed by atoms with Gasteiger partial charge in [0.05, 0.1) is 25.2 Å². The minimum atomic E-state index is -0.0946. The maximum absolute atomic E-state index is 13.0. The Morgan fingerprint density at radius 1 is 0.889 bits per heavy atom. The summed E-state index contributed by atoms with van der Waals surface area (Å²) in [5.74, 6) is 2.64. The van der Waals surface area contributed by atoms with Gasteiger partial charge in [0, 0.05) is 0 Å². The van der Waals surface area contributed by atoms with E-state index in [0.29, 0.717) is 47.1 Å². The molecule has 186 valence electrons. The highest BCUT2D eigenvalue weighted by Gasteiger charge is 2.32. The van der Waals surface area contributed by atoms with Gasteiger partial charge >= 0.3 is 0 Å². The van der Waals surface area contributed by atoms with Gasteiger partial charge in [0.2, 0.25) is 0 Å². The molecule has 3 aromatic carbocycles. The van der Waals surface area contributed by atoms with Crippen molar-refractivity contribution in [3.05, 3.63) is 88.8 Å². The van der Waals surface area contributed by atoms with Gasteiger partial charge in [-0.05, 0) is 60.5 Å². The third-order valence-electron chi connectivity index (χ3n) is 5.29. The average molecular weight is 522 g/mol. The number of thioether (sulfide) groups is 1. The first kappa shape index (κ1) is 25.6. The summed E-state index contributed by atoms with van der Waals surface area (Å²) < 4.78 is 23.1. The number of amides is 1. The summed E-state index contributed by atoms with van der Waals surface area (Å²) in [5.41, 5.74) is 1.87. The number of ether oxygens (including phenoxy) is 4. The van der Waals surface area contributed by atoms with Gasteiger partial charge < -0.3 is 18.9 Å². The number of methoxy groups -OCH3 is 1. The van der Waals surface area contributed by atoms with Gasteiger partial charge in [-0.2, -0.15) is 0 Å². The second-order valence-corrected chi connectivity index (χ2v) is 9.44. The minimum absolute atomic E-state index is 0.0946. The number of carbonyl (C=O) groups excluding carboxylic acids is 1. The fourth-order valence-electron chi connectivity index (χ4n) is 3.54. The maximum Gasteiger partial charge on any atom is 0.266 e. The van der Waals surface area contributed by atoms with E-state index in [1.807, 2.05) is 85.8 Å². The first-order chi connectivity index (χ1) is 17.6. The van der Waals surface area contributed by atoms with E-state index in [1.165, 1.54) is 11.8 Å². The van der Waals surface area contributed by atoms with Crippen molar-refractivity contribution in [2.24, 2.45) is 0 Å². The van der Waals surface area contributed by atoms with Crippen LogP contribution in [-0.4, -0.2) is 42.1 Å². The van der Waals surface area contributed by atoms with Crippen molar-refractivity contribution in [3.8, 4) is 23.0 Å². The molecular weight excluding hydrogens is 494 g/mol. The predicted octanol–water partition coefficient (Wildman–Crippen LogP) is 5.95. The van der Waals surface area contributed by atoms with Crippen LogP contribution in [-0.2, 0) is 11.3 Å². The third-order valence-corrected chi connectivity index (χ3v) is 6.67. The Morgan fingerprint density at radius 2 is 1.61 bits per heavy atom. The molecule has 0 aromatic heterocycles. The van der Waals surface area contributed by atoms with Gasteiger partial charge in [0.15, 0.2) is 11.5 Å². The van der Waals surface area contributed by atoms with Crippen LogP contribution in [0.25, 0.3) is 6.08 Å². The van der Waals surface area contributed by atoms with E-state index in [0.717, 1.165) is 22.6 Å². The molecule has 0 aliphatic carbocycles. The SMILES string of the molecule is CCOc1cc(/C=C2\SC(=S)N(Cc3ccccc3)C2=O)ccc1OCCOc1ccc(OC)cc1. The number of rotatable bonds is 11. The topological polar surface area (TPSA) is 57.2 Å². The van der Waals surface area contributed by atoms with E-state index in [2.05, 4.69) is 0 Å². The normalized spacial score (nSPS) is 14.3. The lowest BCUT2D eigenvalue weighted by atomic mass is 10.1. The van der Waals surface area contributed by atoms with Crippen molar-refractivity contribution in [1.82, 2.24) is 4.90 Å². The lowest BCUT2D eigenvalue weighted by molar-refractivity contribution is -0.122. The molecular formula is C28H27NO5S2. The summed E-state index contributed by atoms with van der Waals surface area (Å²) >= 11 is 6.78. The van der Waals surface area contributed by atoms with Crippen LogP contribution in [0.5, 0.6) is 23.0 Å². The molecule has 3 aromatic rings. The second kappa shape index (κ2) is 12.5. The molecule has 0 radical (unpaired) electrons. The largest absolute Gasteiger partial charge is 0.497 e. The average Bonchev–Trinajstić information content (AvgIpc) is 3.16. The van der Waals surface area contributed by atoms with Crippen LogP contribution in [0.1, 0.15) is 18.1 Å². The van der Waals surface area contributed by atoms with Crippen LogP contribution in [0.2, 0.25) is 0 Å². The van der Waals surface area contributed by atoms with Crippen molar-refractivity contribution in [1.29, 1.82) is 0 Å². The molecule has 6 nitrogen and oxygen atoms in total. The van der Waals surface area contributed by atoms with Crippen molar-refractivity contribution in [3.63, 3.8) is 0 Å². The lowest BCUT2D eigenvalue weighted by Crippen LogP contribution is -2.27. The molecule has 1 fully saturated rings. The molecule has 0 spiro atoms. The molecule has 1 heterocycles. The number of carbonyl (C=O) groups is 1. The standard InChI is InChI=1S/C28H27NO5S2/c1-3-32-25-17-21(9-14-24(25)34-16-15-33-23-12-10-22(31-2)11-13-23)18-26-27(30)29(28(35)36-26)19-20-7-5-4-6-8-20/h4-14,17-18H,3,15-16,19H2,1-2H3/b26-18-. The molecule has 4 rings (SSSR count). The summed E-state index contributed by atoms with van der Waals surface area (Å²) in [6, 6.07) is 22.8. The zero-order valence-electron chi connectivity index (χ0n) is 20.1. The highest BCUT2D eigenvalue weighted by atomic mass is 32.2. The monoisotopic (exact) mass is 521 g/mol. The van der Waals surface area contributed by atoms with Gasteiger partial charge in [-0.25, -0.2) is 0 Å². The molecule has 0 saturated carbocycles. The number of thiocarbonyl (C=S) groups is 1. The van der Waals surface area contributed by atoms with Gasteiger partial charge in [0.1, 0.15) is 29.0 Å². The highest BCUT2D eigenvalue weighted by Crippen LogP contribution is 2.35. The minimum Gasteiger partial charge on any atom is -0.497 e. The zero-order valence-corrected chi connectivity index (χ0v) is 21.8. The molecule has 0 N–H and O–H groups in total. The second-order valence-electron chi connectivity index (χ2n) is 7.77. The number of benzene rings is 3. The summed E-state index contributed by atoms with van der Waals surface area (Å²) in [6.45, 7) is 3.59. The first-order valence-electron chi connectivity index (χ1n) is 11.5.